The van der Waals surface area contributed by atoms with Gasteiger partial charge in [-0.05, 0) is 81.1 Å². The molecular weight excluding hydrogens is 340 g/mol. The van der Waals surface area contributed by atoms with Gasteiger partial charge < -0.3 is 9.47 Å². The first-order valence-corrected chi connectivity index (χ1v) is 10.7. The topological polar surface area (TPSA) is 52.6 Å². The molecule has 0 amide bonds. The maximum absolute atomic E-state index is 12.8. The zero-order valence-corrected chi connectivity index (χ0v) is 17.3. The molecule has 0 unspecified atom stereocenters. The molecule has 4 nitrogen and oxygen atoms in total. The van der Waals surface area contributed by atoms with Gasteiger partial charge in [-0.25, -0.2) is 0 Å². The molecule has 0 aromatic carbocycles. The highest BCUT2D eigenvalue weighted by Crippen LogP contribution is 2.68. The standard InChI is InChI=1S/C23H34O4/c1-15(24)23(27-14-26-4)12-9-20-18-6-5-16-13-17(25)7-10-21(16,2)19(18)8-11-22(20,23)3/h13,18-20H,5-12,14H2,1-4H3/t18-,19+,20+,21+,22+,23+/m1/s1. The van der Waals surface area contributed by atoms with E-state index >= 15 is 0 Å². The quantitative estimate of drug-likeness (QED) is 0.682. The number of rotatable bonds is 4. The number of carbonyl (C=O) groups is 2. The minimum Gasteiger partial charge on any atom is -0.359 e. The van der Waals surface area contributed by atoms with Crippen LogP contribution in [0.1, 0.15) is 72.1 Å². The smallest absolute Gasteiger partial charge is 0.162 e. The zero-order valence-electron chi connectivity index (χ0n) is 17.3. The maximum atomic E-state index is 12.8. The average molecular weight is 375 g/mol. The van der Waals surface area contributed by atoms with Crippen LogP contribution in [-0.4, -0.2) is 31.1 Å². The van der Waals surface area contributed by atoms with E-state index < -0.39 is 5.60 Å². The van der Waals surface area contributed by atoms with E-state index in [9.17, 15) is 9.59 Å². The highest BCUT2D eigenvalue weighted by atomic mass is 16.7. The van der Waals surface area contributed by atoms with Gasteiger partial charge in [-0.1, -0.05) is 19.4 Å². The van der Waals surface area contributed by atoms with Crippen molar-refractivity contribution in [3.63, 3.8) is 0 Å². The summed E-state index contributed by atoms with van der Waals surface area (Å²) in [4.78, 5) is 24.8. The van der Waals surface area contributed by atoms with E-state index in [1.54, 1.807) is 14.0 Å². The third-order valence-electron chi connectivity index (χ3n) is 9.07. The van der Waals surface area contributed by atoms with Crippen LogP contribution in [-0.2, 0) is 19.1 Å². The number of hydrogen-bond donors (Lipinski definition) is 0. The van der Waals surface area contributed by atoms with Gasteiger partial charge in [0, 0.05) is 18.9 Å². The minimum absolute atomic E-state index is 0.111. The number of ether oxygens (including phenoxy) is 2. The predicted molar refractivity (Wildman–Crippen MR) is 103 cm³/mol. The van der Waals surface area contributed by atoms with E-state index in [0.29, 0.717) is 30.0 Å². The summed E-state index contributed by atoms with van der Waals surface area (Å²) in [6, 6.07) is 0. The van der Waals surface area contributed by atoms with Crippen LogP contribution in [0.5, 0.6) is 0 Å². The lowest BCUT2D eigenvalue weighted by Gasteiger charge is -2.59. The lowest BCUT2D eigenvalue weighted by Crippen LogP contribution is -2.58. The molecule has 6 atom stereocenters. The highest BCUT2D eigenvalue weighted by molar-refractivity contribution is 5.91. The number of Topliss-reactive ketones (excluding diaryl/α,β-unsaturated/α-hetero) is 1. The van der Waals surface area contributed by atoms with Crippen LogP contribution in [0.15, 0.2) is 11.6 Å². The third-order valence-corrected chi connectivity index (χ3v) is 9.07. The molecule has 0 radical (unpaired) electrons. The van der Waals surface area contributed by atoms with Crippen molar-refractivity contribution in [3.8, 4) is 0 Å². The van der Waals surface area contributed by atoms with E-state index in [1.807, 2.05) is 6.08 Å². The van der Waals surface area contributed by atoms with Gasteiger partial charge in [0.2, 0.25) is 0 Å². The zero-order chi connectivity index (χ0) is 19.4. The molecule has 0 bridgehead atoms. The number of hydrogen-bond acceptors (Lipinski definition) is 4. The lowest BCUT2D eigenvalue weighted by molar-refractivity contribution is -0.200. The summed E-state index contributed by atoms with van der Waals surface area (Å²) in [6.07, 6.45) is 9.89. The SMILES string of the molecule is COCO[C@]1(C(C)=O)CC[C@H]2[C@@H]3CCC4=CC(=O)CC[C@]4(C)[C@H]3CC[C@@]21C. The summed E-state index contributed by atoms with van der Waals surface area (Å²) < 4.78 is 11.4. The van der Waals surface area contributed by atoms with E-state index in [-0.39, 0.29) is 23.4 Å². The van der Waals surface area contributed by atoms with Crippen molar-refractivity contribution in [3.05, 3.63) is 11.6 Å². The van der Waals surface area contributed by atoms with Crippen molar-refractivity contribution in [2.24, 2.45) is 28.6 Å². The normalized spacial score (nSPS) is 46.3. The van der Waals surface area contributed by atoms with Gasteiger partial charge >= 0.3 is 0 Å². The Morgan fingerprint density at radius 2 is 1.85 bits per heavy atom. The minimum atomic E-state index is -0.696. The van der Waals surface area contributed by atoms with Crippen LogP contribution in [0.25, 0.3) is 0 Å². The van der Waals surface area contributed by atoms with Crippen LogP contribution in [0.4, 0.5) is 0 Å². The van der Waals surface area contributed by atoms with Gasteiger partial charge in [0.05, 0.1) is 0 Å². The van der Waals surface area contributed by atoms with Gasteiger partial charge in [0.1, 0.15) is 12.4 Å². The van der Waals surface area contributed by atoms with E-state index in [1.165, 1.54) is 5.57 Å². The van der Waals surface area contributed by atoms with Gasteiger partial charge in [-0.2, -0.15) is 0 Å². The summed E-state index contributed by atoms with van der Waals surface area (Å²) in [7, 11) is 1.62. The molecule has 0 aliphatic heterocycles. The molecule has 4 heteroatoms. The Labute approximate surface area is 163 Å². The third kappa shape index (κ3) is 2.55. The van der Waals surface area contributed by atoms with Gasteiger partial charge in [0.15, 0.2) is 11.6 Å². The Bertz CT molecular complexity index is 682. The molecule has 0 aromatic rings. The molecule has 0 aromatic heterocycles. The Balaban J connectivity index is 1.67. The van der Waals surface area contributed by atoms with Crippen molar-refractivity contribution in [2.45, 2.75) is 77.7 Å². The number of fused-ring (bicyclic) bond motifs is 5. The van der Waals surface area contributed by atoms with E-state index in [2.05, 4.69) is 13.8 Å². The fourth-order valence-corrected chi connectivity index (χ4v) is 7.63. The second kappa shape index (κ2) is 6.52. The Kier molecular flexibility index (Phi) is 4.67. The molecule has 4 aliphatic carbocycles. The highest BCUT2D eigenvalue weighted by Gasteiger charge is 2.66. The van der Waals surface area contributed by atoms with Crippen LogP contribution < -0.4 is 0 Å². The summed E-state index contributed by atoms with van der Waals surface area (Å²) in [6.45, 7) is 6.59. The summed E-state index contributed by atoms with van der Waals surface area (Å²) in [5.41, 5.74) is 0.765. The molecule has 3 saturated carbocycles. The van der Waals surface area contributed by atoms with Gasteiger partial charge in [0.25, 0.3) is 0 Å². The van der Waals surface area contributed by atoms with Crippen molar-refractivity contribution >= 4 is 11.6 Å². The molecular formula is C23H34O4. The molecule has 4 rings (SSSR count). The first-order valence-electron chi connectivity index (χ1n) is 10.7. The Hall–Kier alpha value is -1.00. The maximum Gasteiger partial charge on any atom is 0.162 e. The number of carbonyl (C=O) groups excluding carboxylic acids is 2. The van der Waals surface area contributed by atoms with Crippen molar-refractivity contribution in [1.29, 1.82) is 0 Å². The van der Waals surface area contributed by atoms with E-state index in [4.69, 9.17) is 9.47 Å². The summed E-state index contributed by atoms with van der Waals surface area (Å²) in [5.74, 6) is 2.26. The molecule has 0 spiro atoms. The summed E-state index contributed by atoms with van der Waals surface area (Å²) >= 11 is 0. The largest absolute Gasteiger partial charge is 0.359 e. The lowest BCUT2D eigenvalue weighted by atomic mass is 9.46. The van der Waals surface area contributed by atoms with Crippen LogP contribution in [0.3, 0.4) is 0 Å². The molecule has 27 heavy (non-hydrogen) atoms. The average Bonchev–Trinajstić information content (AvgIpc) is 2.94. The van der Waals surface area contributed by atoms with E-state index in [0.717, 1.165) is 44.9 Å². The molecule has 0 saturated heterocycles. The van der Waals surface area contributed by atoms with Crippen LogP contribution in [0, 0.1) is 28.6 Å². The van der Waals surface area contributed by atoms with Crippen molar-refractivity contribution in [2.75, 3.05) is 13.9 Å². The number of allylic oxidation sites excluding steroid dienone is 1. The number of methoxy groups -OCH3 is 1. The number of ketones is 2. The molecule has 150 valence electrons. The Morgan fingerprint density at radius 3 is 2.56 bits per heavy atom. The van der Waals surface area contributed by atoms with Crippen LogP contribution in [0.2, 0.25) is 0 Å². The van der Waals surface area contributed by atoms with Crippen molar-refractivity contribution in [1.82, 2.24) is 0 Å². The molecule has 0 heterocycles. The molecule has 4 aliphatic rings. The second-order valence-electron chi connectivity index (χ2n) is 9.90. The second-order valence-corrected chi connectivity index (χ2v) is 9.90. The first-order chi connectivity index (χ1) is 12.8. The fraction of sp³-hybridized carbons (Fsp3) is 0.826. The Morgan fingerprint density at radius 1 is 1.11 bits per heavy atom. The summed E-state index contributed by atoms with van der Waals surface area (Å²) in [5, 5.41) is 0. The molecule has 0 N–H and O–H groups in total. The monoisotopic (exact) mass is 374 g/mol. The first kappa shape index (κ1) is 19.3. The fourth-order valence-electron chi connectivity index (χ4n) is 7.63. The van der Waals surface area contributed by atoms with Crippen LogP contribution >= 0.6 is 0 Å². The van der Waals surface area contributed by atoms with Gasteiger partial charge in [-0.3, -0.25) is 9.59 Å². The van der Waals surface area contributed by atoms with Gasteiger partial charge in [-0.15, -0.1) is 0 Å². The molecule has 3 fully saturated rings. The van der Waals surface area contributed by atoms with Crippen molar-refractivity contribution < 1.29 is 19.1 Å². The predicted octanol–water partition coefficient (Wildman–Crippen LogP) is 4.47.